The number of carbonyl (C=O) groups excluding carboxylic acids is 2. The zero-order chi connectivity index (χ0) is 20.6. The van der Waals surface area contributed by atoms with Crippen molar-refractivity contribution in [2.24, 2.45) is 0 Å². The number of hydrogen-bond donors (Lipinski definition) is 1. The third-order valence-corrected chi connectivity index (χ3v) is 5.39. The molecule has 0 spiro atoms. The fourth-order valence-corrected chi connectivity index (χ4v) is 3.46. The Morgan fingerprint density at radius 3 is 2.38 bits per heavy atom. The van der Waals surface area contributed by atoms with Crippen molar-refractivity contribution in [3.05, 3.63) is 78.1 Å². The number of aromatic nitrogens is 1. The third kappa shape index (κ3) is 5.96. The molecule has 6 nitrogen and oxygen atoms in total. The lowest BCUT2D eigenvalue weighted by atomic mass is 10.2. The molecule has 0 aliphatic heterocycles. The van der Waals surface area contributed by atoms with Crippen LogP contribution >= 0.6 is 11.8 Å². The predicted octanol–water partition coefficient (Wildman–Crippen LogP) is 4.28. The molecule has 150 valence electrons. The van der Waals surface area contributed by atoms with Gasteiger partial charge in [-0.05, 0) is 31.5 Å². The number of aryl methyl sites for hydroxylation is 1. The van der Waals surface area contributed by atoms with Crippen molar-refractivity contribution in [3.63, 3.8) is 0 Å². The first-order valence-electron chi connectivity index (χ1n) is 9.28. The Balaban J connectivity index is 1.62. The highest BCUT2D eigenvalue weighted by Gasteiger charge is 2.21. The van der Waals surface area contributed by atoms with Crippen LogP contribution in [-0.4, -0.2) is 28.0 Å². The summed E-state index contributed by atoms with van der Waals surface area (Å²) in [6.45, 7) is 4.00. The Hall–Kier alpha value is -3.06. The summed E-state index contributed by atoms with van der Waals surface area (Å²) in [4.78, 5) is 27.1. The van der Waals surface area contributed by atoms with Gasteiger partial charge in [0.1, 0.15) is 5.76 Å². The summed E-state index contributed by atoms with van der Waals surface area (Å²) in [5.41, 5.74) is 1.87. The molecule has 2 amide bonds. The summed E-state index contributed by atoms with van der Waals surface area (Å²) in [5.74, 6) is 0.914. The summed E-state index contributed by atoms with van der Waals surface area (Å²) < 4.78 is 4.95. The van der Waals surface area contributed by atoms with Gasteiger partial charge in [-0.15, -0.1) is 11.8 Å². The number of para-hydroxylation sites is 1. The second-order valence-electron chi connectivity index (χ2n) is 6.57. The van der Waals surface area contributed by atoms with Crippen LogP contribution < -0.4 is 10.2 Å². The van der Waals surface area contributed by atoms with Crippen molar-refractivity contribution in [2.45, 2.75) is 25.6 Å². The van der Waals surface area contributed by atoms with Crippen LogP contribution in [0.4, 0.5) is 11.5 Å². The Morgan fingerprint density at radius 1 is 1.10 bits per heavy atom. The molecular formula is C22H23N3O3S. The Kier molecular flexibility index (Phi) is 7.08. The van der Waals surface area contributed by atoms with E-state index in [2.05, 4.69) is 10.5 Å². The number of thioether (sulfide) groups is 1. The molecule has 0 aliphatic rings. The molecule has 0 aliphatic carbocycles. The van der Waals surface area contributed by atoms with Gasteiger partial charge in [-0.2, -0.15) is 0 Å². The number of amides is 2. The van der Waals surface area contributed by atoms with Crippen molar-refractivity contribution >= 4 is 35.1 Å². The van der Waals surface area contributed by atoms with Gasteiger partial charge in [0.05, 0.1) is 17.5 Å². The van der Waals surface area contributed by atoms with Gasteiger partial charge >= 0.3 is 0 Å². The molecule has 0 saturated carbocycles. The highest BCUT2D eigenvalue weighted by atomic mass is 32.2. The maximum atomic E-state index is 13.0. The number of anilines is 2. The Morgan fingerprint density at radius 2 is 1.76 bits per heavy atom. The van der Waals surface area contributed by atoms with Gasteiger partial charge in [-0.25, -0.2) is 0 Å². The molecule has 0 radical (unpaired) electrons. The second kappa shape index (κ2) is 9.93. The summed E-state index contributed by atoms with van der Waals surface area (Å²) in [7, 11) is 0. The van der Waals surface area contributed by atoms with Gasteiger partial charge in [0.25, 0.3) is 0 Å². The highest BCUT2D eigenvalue weighted by Crippen LogP contribution is 2.21. The molecule has 3 rings (SSSR count). The number of benzene rings is 2. The van der Waals surface area contributed by atoms with Gasteiger partial charge in [-0.3, -0.25) is 9.59 Å². The van der Waals surface area contributed by atoms with Crippen LogP contribution in [0.25, 0.3) is 0 Å². The van der Waals surface area contributed by atoms with E-state index >= 15 is 0 Å². The van der Waals surface area contributed by atoms with E-state index in [9.17, 15) is 9.59 Å². The van der Waals surface area contributed by atoms with Gasteiger partial charge in [0, 0.05) is 11.8 Å². The van der Waals surface area contributed by atoms with Crippen LogP contribution in [0.1, 0.15) is 18.2 Å². The largest absolute Gasteiger partial charge is 0.360 e. The van der Waals surface area contributed by atoms with Crippen LogP contribution in [0.15, 0.2) is 71.3 Å². The van der Waals surface area contributed by atoms with Crippen molar-refractivity contribution in [3.8, 4) is 0 Å². The first-order valence-corrected chi connectivity index (χ1v) is 10.3. The van der Waals surface area contributed by atoms with E-state index in [-0.39, 0.29) is 17.6 Å². The average molecular weight is 410 g/mol. The van der Waals surface area contributed by atoms with Gasteiger partial charge in [0.15, 0.2) is 5.82 Å². The van der Waals surface area contributed by atoms with Crippen LogP contribution in [0.5, 0.6) is 0 Å². The molecule has 1 heterocycles. The highest BCUT2D eigenvalue weighted by molar-refractivity contribution is 8.01. The van der Waals surface area contributed by atoms with E-state index in [1.165, 1.54) is 11.8 Å². The molecule has 3 aromatic rings. The zero-order valence-electron chi connectivity index (χ0n) is 16.4. The topological polar surface area (TPSA) is 75.4 Å². The van der Waals surface area contributed by atoms with E-state index in [0.717, 1.165) is 11.3 Å². The summed E-state index contributed by atoms with van der Waals surface area (Å²) >= 11 is 1.29. The zero-order valence-corrected chi connectivity index (χ0v) is 17.2. The maximum Gasteiger partial charge on any atom is 0.238 e. The van der Waals surface area contributed by atoms with E-state index in [0.29, 0.717) is 18.1 Å². The number of hydrogen-bond acceptors (Lipinski definition) is 5. The maximum absolute atomic E-state index is 13.0. The van der Waals surface area contributed by atoms with Gasteiger partial charge in [-0.1, -0.05) is 53.7 Å². The minimum absolute atomic E-state index is 0.0537. The first-order chi connectivity index (χ1) is 14.0. The third-order valence-electron chi connectivity index (χ3n) is 4.26. The molecule has 0 bridgehead atoms. The van der Waals surface area contributed by atoms with Crippen LogP contribution in [-0.2, 0) is 16.1 Å². The number of nitrogens with zero attached hydrogens (tertiary/aromatic N) is 2. The summed E-state index contributed by atoms with van der Waals surface area (Å²) in [6.07, 6.45) is 0. The molecule has 29 heavy (non-hydrogen) atoms. The molecule has 0 saturated heterocycles. The first kappa shape index (κ1) is 20.7. The lowest BCUT2D eigenvalue weighted by molar-refractivity contribution is -0.116. The van der Waals surface area contributed by atoms with Crippen LogP contribution in [0, 0.1) is 6.92 Å². The molecule has 0 fully saturated rings. The fourth-order valence-electron chi connectivity index (χ4n) is 2.70. The molecule has 1 aromatic heterocycles. The monoisotopic (exact) mass is 409 g/mol. The van der Waals surface area contributed by atoms with E-state index < -0.39 is 5.25 Å². The smallest absolute Gasteiger partial charge is 0.238 e. The van der Waals surface area contributed by atoms with Crippen molar-refractivity contribution in [1.82, 2.24) is 5.16 Å². The lowest BCUT2D eigenvalue weighted by Crippen LogP contribution is -2.33. The predicted molar refractivity (Wildman–Crippen MR) is 116 cm³/mol. The Labute approximate surface area is 174 Å². The van der Waals surface area contributed by atoms with Gasteiger partial charge < -0.3 is 14.7 Å². The minimum atomic E-state index is -0.412. The quantitative estimate of drug-likeness (QED) is 0.601. The fraction of sp³-hybridized carbons (Fsp3) is 0.227. The molecule has 2 aromatic carbocycles. The van der Waals surface area contributed by atoms with E-state index in [4.69, 9.17) is 4.52 Å². The standard InChI is InChI=1S/C22H23N3O3S/c1-16-13-20(24-28-16)23-22(27)17(2)29-15-21(26)25(19-11-7-4-8-12-19)14-18-9-5-3-6-10-18/h3-13,17H,14-15H2,1-2H3,(H,23,24,27)/t17-/m1/s1. The van der Waals surface area contributed by atoms with Crippen molar-refractivity contribution < 1.29 is 14.1 Å². The minimum Gasteiger partial charge on any atom is -0.360 e. The molecule has 7 heteroatoms. The SMILES string of the molecule is Cc1cc(NC(=O)[C@@H](C)SCC(=O)N(Cc2ccccc2)c2ccccc2)no1. The average Bonchev–Trinajstić information content (AvgIpc) is 3.15. The normalized spacial score (nSPS) is 11.7. The molecular weight excluding hydrogens is 386 g/mol. The van der Waals surface area contributed by atoms with Crippen LogP contribution in [0.3, 0.4) is 0 Å². The summed E-state index contributed by atoms with van der Waals surface area (Å²) in [6, 6.07) is 21.0. The molecule has 0 unspecified atom stereocenters. The Bertz CT molecular complexity index is 944. The van der Waals surface area contributed by atoms with E-state index in [1.54, 1.807) is 24.8 Å². The summed E-state index contributed by atoms with van der Waals surface area (Å²) in [5, 5.41) is 6.04. The number of carbonyl (C=O) groups is 2. The molecule has 1 N–H and O–H groups in total. The van der Waals surface area contributed by atoms with Crippen LogP contribution in [0.2, 0.25) is 0 Å². The molecule has 1 atom stereocenters. The van der Waals surface area contributed by atoms with Crippen molar-refractivity contribution in [1.29, 1.82) is 0 Å². The lowest BCUT2D eigenvalue weighted by Gasteiger charge is -2.23. The van der Waals surface area contributed by atoms with E-state index in [1.807, 2.05) is 60.7 Å². The number of nitrogens with one attached hydrogen (secondary N) is 1. The van der Waals surface area contributed by atoms with Crippen molar-refractivity contribution in [2.75, 3.05) is 16.0 Å². The number of rotatable bonds is 8. The second-order valence-corrected chi connectivity index (χ2v) is 7.90. The van der Waals surface area contributed by atoms with Gasteiger partial charge in [0.2, 0.25) is 11.8 Å².